The van der Waals surface area contributed by atoms with E-state index in [1.54, 1.807) is 0 Å². The summed E-state index contributed by atoms with van der Waals surface area (Å²) in [6.07, 6.45) is 4.06. The van der Waals surface area contributed by atoms with Crippen molar-refractivity contribution in [3.63, 3.8) is 0 Å². The Kier molecular flexibility index (Phi) is 3.65. The summed E-state index contributed by atoms with van der Waals surface area (Å²) in [7, 11) is 0. The number of rotatable bonds is 5. The van der Waals surface area contributed by atoms with Gasteiger partial charge in [-0.3, -0.25) is 4.79 Å². The van der Waals surface area contributed by atoms with Crippen LogP contribution in [0.25, 0.3) is 11.6 Å². The number of aryl methyl sites for hydroxylation is 1. The smallest absolute Gasteiger partial charge is 0.264 e. The summed E-state index contributed by atoms with van der Waals surface area (Å²) in [6, 6.07) is 11.5. The third-order valence-corrected chi connectivity index (χ3v) is 4.07. The zero-order valence-corrected chi connectivity index (χ0v) is 13.4. The number of benzene rings is 1. The number of nitrogens with one attached hydrogen (secondary N) is 1. The van der Waals surface area contributed by atoms with Crippen molar-refractivity contribution < 1.29 is 9.21 Å². The maximum atomic E-state index is 12.3. The second kappa shape index (κ2) is 5.96. The summed E-state index contributed by atoms with van der Waals surface area (Å²) >= 11 is 0. The van der Waals surface area contributed by atoms with Crippen LogP contribution in [0.3, 0.4) is 0 Å². The molecule has 0 atom stereocenters. The second-order valence-corrected chi connectivity index (χ2v) is 6.16. The van der Waals surface area contributed by atoms with E-state index in [0.29, 0.717) is 17.7 Å². The van der Waals surface area contributed by atoms with E-state index in [4.69, 9.17) is 4.42 Å². The van der Waals surface area contributed by atoms with Crippen molar-refractivity contribution in [1.82, 2.24) is 14.8 Å². The first kappa shape index (κ1) is 14.7. The van der Waals surface area contributed by atoms with E-state index in [-0.39, 0.29) is 12.5 Å². The fourth-order valence-electron chi connectivity index (χ4n) is 2.57. The van der Waals surface area contributed by atoms with Gasteiger partial charge in [0, 0.05) is 17.8 Å². The number of amides is 1. The van der Waals surface area contributed by atoms with E-state index in [1.165, 1.54) is 0 Å². The molecule has 0 bridgehead atoms. The molecule has 0 unspecified atom stereocenters. The number of hydrogen-bond acceptors (Lipinski definition) is 4. The van der Waals surface area contributed by atoms with Gasteiger partial charge < -0.3 is 14.3 Å². The molecule has 1 fully saturated rings. The van der Waals surface area contributed by atoms with Crippen molar-refractivity contribution in [2.75, 3.05) is 5.32 Å². The highest BCUT2D eigenvalue weighted by atomic mass is 16.4. The van der Waals surface area contributed by atoms with Crippen LogP contribution < -0.4 is 5.32 Å². The van der Waals surface area contributed by atoms with Crippen LogP contribution >= 0.6 is 0 Å². The van der Waals surface area contributed by atoms with Crippen LogP contribution in [0.1, 0.15) is 30.2 Å². The Balaban J connectivity index is 1.47. The van der Waals surface area contributed by atoms with Gasteiger partial charge in [-0.05, 0) is 44.0 Å². The molecule has 1 aliphatic carbocycles. The first-order valence-corrected chi connectivity index (χ1v) is 8.04. The van der Waals surface area contributed by atoms with E-state index in [9.17, 15) is 4.79 Å². The standard InChI is InChI=1S/C18H18N4O2/c1-12-4-8-14(9-5-12)19-16(23)11-22-10-2-3-15(22)18-21-20-17(24-18)13-6-7-13/h2-5,8-10,13H,6-7,11H2,1H3,(H,19,23). The summed E-state index contributed by atoms with van der Waals surface area (Å²) < 4.78 is 7.54. The Morgan fingerprint density at radius 2 is 2.04 bits per heavy atom. The van der Waals surface area contributed by atoms with Crippen LogP contribution in [-0.2, 0) is 11.3 Å². The molecule has 1 amide bonds. The predicted molar refractivity (Wildman–Crippen MR) is 89.5 cm³/mol. The molecule has 6 nitrogen and oxygen atoms in total. The summed E-state index contributed by atoms with van der Waals surface area (Å²) in [4.78, 5) is 12.3. The fraction of sp³-hybridized carbons (Fsp3) is 0.278. The van der Waals surface area contributed by atoms with Gasteiger partial charge >= 0.3 is 0 Å². The van der Waals surface area contributed by atoms with Crippen LogP contribution in [0.5, 0.6) is 0 Å². The molecule has 24 heavy (non-hydrogen) atoms. The average Bonchev–Trinajstić information content (AvgIpc) is 3.12. The van der Waals surface area contributed by atoms with Crippen molar-refractivity contribution >= 4 is 11.6 Å². The maximum absolute atomic E-state index is 12.3. The zero-order chi connectivity index (χ0) is 16.5. The van der Waals surface area contributed by atoms with E-state index in [0.717, 1.165) is 29.8 Å². The lowest BCUT2D eigenvalue weighted by atomic mass is 10.2. The van der Waals surface area contributed by atoms with Crippen molar-refractivity contribution in [3.05, 3.63) is 54.0 Å². The molecule has 6 heteroatoms. The van der Waals surface area contributed by atoms with Crippen LogP contribution in [-0.4, -0.2) is 20.7 Å². The van der Waals surface area contributed by atoms with Crippen molar-refractivity contribution in [1.29, 1.82) is 0 Å². The molecule has 4 rings (SSSR count). The Hall–Kier alpha value is -2.89. The lowest BCUT2D eigenvalue weighted by molar-refractivity contribution is -0.116. The first-order chi connectivity index (χ1) is 11.7. The van der Waals surface area contributed by atoms with Crippen LogP contribution in [0.2, 0.25) is 0 Å². The van der Waals surface area contributed by atoms with E-state index in [2.05, 4.69) is 15.5 Å². The third kappa shape index (κ3) is 3.08. The largest absolute Gasteiger partial charge is 0.419 e. The third-order valence-electron chi connectivity index (χ3n) is 4.07. The minimum absolute atomic E-state index is 0.0989. The maximum Gasteiger partial charge on any atom is 0.264 e. The van der Waals surface area contributed by atoms with Gasteiger partial charge in [0.25, 0.3) is 5.89 Å². The summed E-state index contributed by atoms with van der Waals surface area (Å²) in [5, 5.41) is 11.1. The highest BCUT2D eigenvalue weighted by Crippen LogP contribution is 2.39. The lowest BCUT2D eigenvalue weighted by Crippen LogP contribution is -2.18. The number of anilines is 1. The number of nitrogens with zero attached hydrogens (tertiary/aromatic N) is 3. The average molecular weight is 322 g/mol. The predicted octanol–water partition coefficient (Wildman–Crippen LogP) is 3.36. The van der Waals surface area contributed by atoms with Gasteiger partial charge in [-0.2, -0.15) is 0 Å². The van der Waals surface area contributed by atoms with Crippen LogP contribution in [0.4, 0.5) is 5.69 Å². The molecular formula is C18H18N4O2. The number of aromatic nitrogens is 3. The molecule has 0 radical (unpaired) electrons. The van der Waals surface area contributed by atoms with Crippen molar-refractivity contribution in [2.45, 2.75) is 32.2 Å². The van der Waals surface area contributed by atoms with Gasteiger partial charge in [0.15, 0.2) is 0 Å². The number of carbonyl (C=O) groups is 1. The minimum atomic E-state index is -0.0989. The summed E-state index contributed by atoms with van der Waals surface area (Å²) in [5.41, 5.74) is 2.70. The van der Waals surface area contributed by atoms with Gasteiger partial charge in [0.1, 0.15) is 12.2 Å². The number of hydrogen-bond donors (Lipinski definition) is 1. The molecule has 2 aromatic heterocycles. The number of carbonyl (C=O) groups excluding carboxylic acids is 1. The van der Waals surface area contributed by atoms with Gasteiger partial charge in [-0.15, -0.1) is 10.2 Å². The molecule has 1 saturated carbocycles. The second-order valence-electron chi connectivity index (χ2n) is 6.16. The molecule has 1 N–H and O–H groups in total. The highest BCUT2D eigenvalue weighted by Gasteiger charge is 2.29. The van der Waals surface area contributed by atoms with Gasteiger partial charge in [0.2, 0.25) is 11.8 Å². The summed E-state index contributed by atoms with van der Waals surface area (Å²) in [6.45, 7) is 2.20. The Morgan fingerprint density at radius 3 is 2.79 bits per heavy atom. The Bertz CT molecular complexity index is 859. The molecule has 0 saturated heterocycles. The highest BCUT2D eigenvalue weighted by molar-refractivity contribution is 5.90. The van der Waals surface area contributed by atoms with Gasteiger partial charge in [-0.1, -0.05) is 17.7 Å². The molecule has 0 aliphatic heterocycles. The molecular weight excluding hydrogens is 304 g/mol. The van der Waals surface area contributed by atoms with Crippen LogP contribution in [0, 0.1) is 6.92 Å². The molecule has 0 spiro atoms. The van der Waals surface area contributed by atoms with E-state index < -0.39 is 0 Å². The molecule has 2 heterocycles. The quantitative estimate of drug-likeness (QED) is 0.781. The van der Waals surface area contributed by atoms with E-state index in [1.807, 2.05) is 54.1 Å². The Labute approximate surface area is 139 Å². The summed E-state index contributed by atoms with van der Waals surface area (Å²) in [5.74, 6) is 1.48. The fourth-order valence-corrected chi connectivity index (χ4v) is 2.57. The monoisotopic (exact) mass is 322 g/mol. The van der Waals surface area contributed by atoms with Crippen LogP contribution in [0.15, 0.2) is 47.0 Å². The van der Waals surface area contributed by atoms with Gasteiger partial charge in [-0.25, -0.2) is 0 Å². The SMILES string of the molecule is Cc1ccc(NC(=O)Cn2cccc2-c2nnc(C3CC3)o2)cc1. The Morgan fingerprint density at radius 1 is 1.25 bits per heavy atom. The van der Waals surface area contributed by atoms with Crippen molar-refractivity contribution in [3.8, 4) is 11.6 Å². The zero-order valence-electron chi connectivity index (χ0n) is 13.4. The van der Waals surface area contributed by atoms with Gasteiger partial charge in [0.05, 0.1) is 0 Å². The topological polar surface area (TPSA) is 73.0 Å². The molecule has 1 aromatic carbocycles. The minimum Gasteiger partial charge on any atom is -0.419 e. The van der Waals surface area contributed by atoms with Crippen molar-refractivity contribution in [2.24, 2.45) is 0 Å². The first-order valence-electron chi connectivity index (χ1n) is 8.04. The molecule has 3 aromatic rings. The van der Waals surface area contributed by atoms with E-state index >= 15 is 0 Å². The normalized spacial score (nSPS) is 13.9. The lowest BCUT2D eigenvalue weighted by Gasteiger charge is -2.08. The molecule has 122 valence electrons. The molecule has 1 aliphatic rings.